The van der Waals surface area contributed by atoms with E-state index in [1.807, 2.05) is 18.0 Å². The van der Waals surface area contributed by atoms with Crippen LogP contribution in [-0.4, -0.2) is 37.1 Å². The number of fused-ring (bicyclic) bond motifs is 1. The van der Waals surface area contributed by atoms with E-state index in [-0.39, 0.29) is 0 Å². The maximum atomic E-state index is 4.69. The molecule has 2 aromatic rings. The van der Waals surface area contributed by atoms with Gasteiger partial charge in [0.25, 0.3) is 0 Å². The molecule has 20 heavy (non-hydrogen) atoms. The van der Waals surface area contributed by atoms with Crippen molar-refractivity contribution in [2.75, 3.05) is 37.0 Å². The van der Waals surface area contributed by atoms with E-state index in [1.165, 1.54) is 16.3 Å². The quantitative estimate of drug-likeness (QED) is 0.847. The molecule has 0 unspecified atom stereocenters. The molecule has 0 aliphatic heterocycles. The zero-order chi connectivity index (χ0) is 14.4. The number of thioether (sulfide) groups is 1. The molecule has 0 saturated carbocycles. The predicted molar refractivity (Wildman–Crippen MR) is 90.8 cm³/mol. The van der Waals surface area contributed by atoms with Crippen molar-refractivity contribution in [3.8, 4) is 0 Å². The van der Waals surface area contributed by atoms with Crippen molar-refractivity contribution in [2.45, 2.75) is 13.5 Å². The van der Waals surface area contributed by atoms with E-state index in [2.05, 4.69) is 59.7 Å². The van der Waals surface area contributed by atoms with E-state index in [0.717, 1.165) is 31.2 Å². The van der Waals surface area contributed by atoms with Gasteiger partial charge in [0.15, 0.2) is 0 Å². The molecule has 0 atom stereocenters. The van der Waals surface area contributed by atoms with E-state index < -0.39 is 0 Å². The van der Waals surface area contributed by atoms with Crippen LogP contribution in [0.1, 0.15) is 12.5 Å². The zero-order valence-electron chi connectivity index (χ0n) is 12.5. The first-order chi connectivity index (χ1) is 9.77. The highest BCUT2D eigenvalue weighted by Gasteiger charge is 2.10. The minimum absolute atomic E-state index is 0.874. The Morgan fingerprint density at radius 2 is 2.00 bits per heavy atom. The molecule has 0 fully saturated rings. The van der Waals surface area contributed by atoms with E-state index in [4.69, 9.17) is 0 Å². The van der Waals surface area contributed by atoms with E-state index in [9.17, 15) is 0 Å². The molecule has 3 nitrogen and oxygen atoms in total. The summed E-state index contributed by atoms with van der Waals surface area (Å²) >= 11 is 1.86. The van der Waals surface area contributed by atoms with Crippen molar-refractivity contribution in [2.24, 2.45) is 0 Å². The monoisotopic (exact) mass is 289 g/mol. The third-order valence-electron chi connectivity index (χ3n) is 3.41. The van der Waals surface area contributed by atoms with Gasteiger partial charge in [0, 0.05) is 37.5 Å². The number of pyridine rings is 1. The smallest absolute Gasteiger partial charge is 0.136 e. The lowest BCUT2D eigenvalue weighted by Gasteiger charge is -2.20. The summed E-state index contributed by atoms with van der Waals surface area (Å²) in [5.74, 6) is 2.20. The Kier molecular flexibility index (Phi) is 5.68. The van der Waals surface area contributed by atoms with E-state index in [1.54, 1.807) is 0 Å². The highest BCUT2D eigenvalue weighted by Crippen LogP contribution is 2.26. The van der Waals surface area contributed by atoms with Crippen LogP contribution >= 0.6 is 11.8 Å². The van der Waals surface area contributed by atoms with Gasteiger partial charge < -0.3 is 10.2 Å². The summed E-state index contributed by atoms with van der Waals surface area (Å²) in [5.41, 5.74) is 1.27. The molecule has 0 bridgehead atoms. The SMILES string of the molecule is CCNCc1cnc(N(C)CCSC)c2ccccc12. The zero-order valence-corrected chi connectivity index (χ0v) is 13.3. The van der Waals surface area contributed by atoms with Gasteiger partial charge >= 0.3 is 0 Å². The lowest BCUT2D eigenvalue weighted by molar-refractivity contribution is 0.728. The molecular weight excluding hydrogens is 266 g/mol. The summed E-state index contributed by atoms with van der Waals surface area (Å²) in [7, 11) is 2.12. The second-order valence-electron chi connectivity index (χ2n) is 4.85. The molecule has 0 amide bonds. The van der Waals surface area contributed by atoms with Gasteiger partial charge in [-0.2, -0.15) is 11.8 Å². The van der Waals surface area contributed by atoms with E-state index >= 15 is 0 Å². The number of nitrogens with one attached hydrogen (secondary N) is 1. The summed E-state index contributed by atoms with van der Waals surface area (Å²) in [4.78, 5) is 6.94. The third kappa shape index (κ3) is 3.44. The number of hydrogen-bond donors (Lipinski definition) is 1. The minimum atomic E-state index is 0.874. The lowest BCUT2D eigenvalue weighted by atomic mass is 10.1. The maximum absolute atomic E-state index is 4.69. The number of rotatable bonds is 7. The molecule has 108 valence electrons. The van der Waals surface area contributed by atoms with Gasteiger partial charge in [-0.15, -0.1) is 0 Å². The van der Waals surface area contributed by atoms with Crippen LogP contribution in [0.3, 0.4) is 0 Å². The second kappa shape index (κ2) is 7.50. The average molecular weight is 289 g/mol. The molecule has 0 radical (unpaired) electrons. The summed E-state index contributed by atoms with van der Waals surface area (Å²) < 4.78 is 0. The third-order valence-corrected chi connectivity index (χ3v) is 4.01. The van der Waals surface area contributed by atoms with Crippen molar-refractivity contribution in [3.63, 3.8) is 0 Å². The Hall–Kier alpha value is -1.26. The van der Waals surface area contributed by atoms with Gasteiger partial charge in [-0.05, 0) is 23.8 Å². The van der Waals surface area contributed by atoms with Crippen LogP contribution in [0.2, 0.25) is 0 Å². The Morgan fingerprint density at radius 1 is 1.25 bits per heavy atom. The van der Waals surface area contributed by atoms with Crippen LogP contribution in [0.15, 0.2) is 30.5 Å². The molecule has 1 aromatic carbocycles. The Balaban J connectivity index is 2.37. The largest absolute Gasteiger partial charge is 0.358 e. The molecule has 1 N–H and O–H groups in total. The minimum Gasteiger partial charge on any atom is -0.358 e. The van der Waals surface area contributed by atoms with Crippen LogP contribution in [0.25, 0.3) is 10.8 Å². The van der Waals surface area contributed by atoms with Gasteiger partial charge in [-0.1, -0.05) is 31.2 Å². The lowest BCUT2D eigenvalue weighted by Crippen LogP contribution is -2.22. The molecule has 0 aliphatic rings. The van der Waals surface area contributed by atoms with Crippen molar-refractivity contribution >= 4 is 28.4 Å². The van der Waals surface area contributed by atoms with Crippen molar-refractivity contribution in [1.82, 2.24) is 10.3 Å². The predicted octanol–water partition coefficient (Wildman–Crippen LogP) is 3.14. The first kappa shape index (κ1) is 15.1. The highest BCUT2D eigenvalue weighted by molar-refractivity contribution is 7.98. The number of hydrogen-bond acceptors (Lipinski definition) is 4. The van der Waals surface area contributed by atoms with Crippen LogP contribution in [0.4, 0.5) is 5.82 Å². The first-order valence-corrected chi connectivity index (χ1v) is 8.44. The van der Waals surface area contributed by atoms with E-state index in [0.29, 0.717) is 0 Å². The molecule has 1 aromatic heterocycles. The van der Waals surface area contributed by atoms with Gasteiger partial charge in [-0.25, -0.2) is 4.98 Å². The molecule has 4 heteroatoms. The Morgan fingerprint density at radius 3 is 2.70 bits per heavy atom. The van der Waals surface area contributed by atoms with Gasteiger partial charge in [0.2, 0.25) is 0 Å². The summed E-state index contributed by atoms with van der Waals surface area (Å²) in [6.07, 6.45) is 4.15. The van der Waals surface area contributed by atoms with Crippen molar-refractivity contribution in [3.05, 3.63) is 36.0 Å². The summed E-state index contributed by atoms with van der Waals surface area (Å²) in [6.45, 7) is 4.99. The van der Waals surface area contributed by atoms with Crippen LogP contribution in [0.5, 0.6) is 0 Å². The normalized spacial score (nSPS) is 10.9. The molecule has 0 aliphatic carbocycles. The molecule has 2 rings (SSSR count). The topological polar surface area (TPSA) is 28.2 Å². The van der Waals surface area contributed by atoms with Gasteiger partial charge in [0.05, 0.1) is 0 Å². The summed E-state index contributed by atoms with van der Waals surface area (Å²) in [6, 6.07) is 8.55. The first-order valence-electron chi connectivity index (χ1n) is 7.05. The fraction of sp³-hybridized carbons (Fsp3) is 0.438. The fourth-order valence-electron chi connectivity index (χ4n) is 2.28. The van der Waals surface area contributed by atoms with Gasteiger partial charge in [0.1, 0.15) is 5.82 Å². The number of benzene rings is 1. The van der Waals surface area contributed by atoms with Crippen molar-refractivity contribution in [1.29, 1.82) is 0 Å². The molecule has 0 saturated heterocycles. The van der Waals surface area contributed by atoms with Crippen molar-refractivity contribution < 1.29 is 0 Å². The molecule has 0 spiro atoms. The Labute approximate surface area is 125 Å². The molecule has 1 heterocycles. The standard InChI is InChI=1S/C16H23N3S/c1-4-17-11-13-12-18-16(19(2)9-10-20-3)15-8-6-5-7-14(13)15/h5-8,12,17H,4,9-11H2,1-3H3. The number of anilines is 1. The van der Waals surface area contributed by atoms with Crippen LogP contribution in [-0.2, 0) is 6.54 Å². The fourth-order valence-corrected chi connectivity index (χ4v) is 2.73. The number of nitrogens with zero attached hydrogens (tertiary/aromatic N) is 2. The second-order valence-corrected chi connectivity index (χ2v) is 5.83. The maximum Gasteiger partial charge on any atom is 0.136 e. The summed E-state index contributed by atoms with van der Waals surface area (Å²) in [5, 5.41) is 5.93. The van der Waals surface area contributed by atoms with Crippen LogP contribution < -0.4 is 10.2 Å². The van der Waals surface area contributed by atoms with Crippen LogP contribution in [0, 0.1) is 0 Å². The average Bonchev–Trinajstić information content (AvgIpc) is 2.50. The Bertz CT molecular complexity index is 556. The molecular formula is C16H23N3S. The number of aromatic nitrogens is 1. The highest BCUT2D eigenvalue weighted by atomic mass is 32.2. The van der Waals surface area contributed by atoms with Gasteiger partial charge in [-0.3, -0.25) is 0 Å².